The molecule has 0 saturated heterocycles. The molecule has 0 unspecified atom stereocenters. The molecule has 92 valence electrons. The maximum absolute atomic E-state index is 11.1. The van der Waals surface area contributed by atoms with Crippen molar-refractivity contribution in [1.82, 2.24) is 0 Å². The van der Waals surface area contributed by atoms with E-state index in [1.165, 1.54) is 0 Å². The summed E-state index contributed by atoms with van der Waals surface area (Å²) in [6, 6.07) is 11.5. The Morgan fingerprint density at radius 1 is 1.35 bits per heavy atom. The van der Waals surface area contributed by atoms with Crippen LogP contribution in [-0.2, 0) is 20.7 Å². The van der Waals surface area contributed by atoms with E-state index in [-0.39, 0.29) is 6.42 Å². The van der Waals surface area contributed by atoms with Crippen LogP contribution in [-0.4, -0.2) is 20.8 Å². The van der Waals surface area contributed by atoms with Gasteiger partial charge in [-0.25, -0.2) is 0 Å². The van der Waals surface area contributed by atoms with Crippen LogP contribution in [0.3, 0.4) is 0 Å². The molecule has 1 aromatic carbocycles. The number of benzene rings is 1. The van der Waals surface area contributed by atoms with Crippen LogP contribution in [0, 0.1) is 11.3 Å². The van der Waals surface area contributed by atoms with Crippen molar-refractivity contribution in [2.45, 2.75) is 25.4 Å². The van der Waals surface area contributed by atoms with E-state index in [0.29, 0.717) is 12.8 Å². The molecule has 0 spiro atoms. The highest BCUT2D eigenvalue weighted by Gasteiger charge is 2.15. The lowest BCUT2D eigenvalue weighted by molar-refractivity contribution is 0.203. The van der Waals surface area contributed by atoms with Gasteiger partial charge in [0.2, 0.25) is 0 Å². The van der Waals surface area contributed by atoms with E-state index in [9.17, 15) is 8.42 Å². The van der Waals surface area contributed by atoms with Gasteiger partial charge >= 0.3 is 0 Å². The standard InChI is InChI=1S/C12H15NO3S/c1-17(14,15)16-12(8-5-9-13)10-11-6-3-2-4-7-11/h2-4,6-7,12H,5,8,10H2,1H3/t12-/m0/s1. The van der Waals surface area contributed by atoms with Crippen molar-refractivity contribution >= 4 is 10.1 Å². The lowest BCUT2D eigenvalue weighted by Gasteiger charge is -2.14. The van der Waals surface area contributed by atoms with Gasteiger partial charge in [0.1, 0.15) is 0 Å². The summed E-state index contributed by atoms with van der Waals surface area (Å²) in [4.78, 5) is 0. The van der Waals surface area contributed by atoms with E-state index < -0.39 is 16.2 Å². The van der Waals surface area contributed by atoms with Crippen molar-refractivity contribution in [3.63, 3.8) is 0 Å². The Balaban J connectivity index is 2.67. The van der Waals surface area contributed by atoms with E-state index >= 15 is 0 Å². The normalized spacial score (nSPS) is 12.9. The maximum atomic E-state index is 11.1. The first-order chi connectivity index (χ1) is 8.01. The summed E-state index contributed by atoms with van der Waals surface area (Å²) in [5, 5.41) is 8.52. The number of rotatable bonds is 6. The van der Waals surface area contributed by atoms with Gasteiger partial charge in [-0.3, -0.25) is 4.18 Å². The van der Waals surface area contributed by atoms with Gasteiger partial charge in [-0.2, -0.15) is 13.7 Å². The Morgan fingerprint density at radius 2 is 2.00 bits per heavy atom. The van der Waals surface area contributed by atoms with Crippen molar-refractivity contribution in [2.24, 2.45) is 0 Å². The molecule has 17 heavy (non-hydrogen) atoms. The molecule has 0 aliphatic heterocycles. The molecule has 0 fully saturated rings. The average Bonchev–Trinajstić information content (AvgIpc) is 2.25. The molecule has 1 atom stereocenters. The van der Waals surface area contributed by atoms with Crippen LogP contribution in [0.5, 0.6) is 0 Å². The first-order valence-electron chi connectivity index (χ1n) is 5.30. The molecule has 0 amide bonds. The fourth-order valence-electron chi connectivity index (χ4n) is 1.53. The van der Waals surface area contributed by atoms with Crippen molar-refractivity contribution in [1.29, 1.82) is 5.26 Å². The van der Waals surface area contributed by atoms with Crippen molar-refractivity contribution in [2.75, 3.05) is 6.26 Å². The van der Waals surface area contributed by atoms with Crippen LogP contribution in [0.4, 0.5) is 0 Å². The first-order valence-corrected chi connectivity index (χ1v) is 7.12. The lowest BCUT2D eigenvalue weighted by Crippen LogP contribution is -2.20. The molecule has 4 nitrogen and oxygen atoms in total. The van der Waals surface area contributed by atoms with E-state index in [4.69, 9.17) is 9.44 Å². The van der Waals surface area contributed by atoms with Crippen LogP contribution in [0.2, 0.25) is 0 Å². The summed E-state index contributed by atoms with van der Waals surface area (Å²) in [5.41, 5.74) is 0.999. The molecular weight excluding hydrogens is 238 g/mol. The van der Waals surface area contributed by atoms with E-state index in [1.807, 2.05) is 36.4 Å². The smallest absolute Gasteiger partial charge is 0.264 e. The zero-order valence-corrected chi connectivity index (χ0v) is 10.5. The third-order valence-electron chi connectivity index (χ3n) is 2.20. The molecule has 0 heterocycles. The maximum Gasteiger partial charge on any atom is 0.264 e. The van der Waals surface area contributed by atoms with Crippen molar-refractivity contribution < 1.29 is 12.6 Å². The summed E-state index contributed by atoms with van der Waals surface area (Å²) < 4.78 is 27.1. The highest BCUT2D eigenvalue weighted by atomic mass is 32.2. The third kappa shape index (κ3) is 6.05. The summed E-state index contributed by atoms with van der Waals surface area (Å²) in [7, 11) is -3.48. The second-order valence-electron chi connectivity index (χ2n) is 3.81. The van der Waals surface area contributed by atoms with Gasteiger partial charge in [0.25, 0.3) is 10.1 Å². The Morgan fingerprint density at radius 3 is 2.53 bits per heavy atom. The zero-order chi connectivity index (χ0) is 12.7. The molecule has 0 radical (unpaired) electrons. The van der Waals surface area contributed by atoms with E-state index in [1.54, 1.807) is 0 Å². The summed E-state index contributed by atoms with van der Waals surface area (Å²) in [6.45, 7) is 0. The minimum Gasteiger partial charge on any atom is -0.267 e. The molecule has 5 heteroatoms. The minimum atomic E-state index is -3.48. The van der Waals surface area contributed by atoms with Gasteiger partial charge in [-0.1, -0.05) is 30.3 Å². The number of hydrogen-bond acceptors (Lipinski definition) is 4. The molecule has 1 aromatic rings. The van der Waals surface area contributed by atoms with Crippen LogP contribution < -0.4 is 0 Å². The quantitative estimate of drug-likeness (QED) is 0.726. The lowest BCUT2D eigenvalue weighted by atomic mass is 10.0. The predicted molar refractivity (Wildman–Crippen MR) is 64.7 cm³/mol. The Hall–Kier alpha value is -1.38. The van der Waals surface area contributed by atoms with Gasteiger partial charge in [-0.15, -0.1) is 0 Å². The number of nitrogens with zero attached hydrogens (tertiary/aromatic N) is 1. The second-order valence-corrected chi connectivity index (χ2v) is 5.41. The Kier molecular flexibility index (Phi) is 5.13. The fraction of sp³-hybridized carbons (Fsp3) is 0.417. The largest absolute Gasteiger partial charge is 0.267 e. The van der Waals surface area contributed by atoms with Crippen molar-refractivity contribution in [3.05, 3.63) is 35.9 Å². The number of hydrogen-bond donors (Lipinski definition) is 0. The summed E-state index contributed by atoms with van der Waals surface area (Å²) >= 11 is 0. The van der Waals surface area contributed by atoms with Gasteiger partial charge in [0.15, 0.2) is 0 Å². The summed E-state index contributed by atoms with van der Waals surface area (Å²) in [5.74, 6) is 0. The molecule has 0 saturated carbocycles. The molecule has 0 N–H and O–H groups in total. The highest BCUT2D eigenvalue weighted by molar-refractivity contribution is 7.86. The molecule has 0 aromatic heterocycles. The fourth-order valence-corrected chi connectivity index (χ4v) is 2.19. The van der Waals surface area contributed by atoms with Gasteiger partial charge < -0.3 is 0 Å². The molecular formula is C12H15NO3S. The van der Waals surface area contributed by atoms with Gasteiger partial charge in [0.05, 0.1) is 18.4 Å². The number of nitriles is 1. The third-order valence-corrected chi connectivity index (χ3v) is 2.82. The summed E-state index contributed by atoms with van der Waals surface area (Å²) in [6.07, 6.45) is 1.75. The first kappa shape index (κ1) is 13.7. The van der Waals surface area contributed by atoms with E-state index in [2.05, 4.69) is 0 Å². The van der Waals surface area contributed by atoms with Crippen LogP contribution >= 0.6 is 0 Å². The average molecular weight is 253 g/mol. The SMILES string of the molecule is CS(=O)(=O)O[C@@H](CCC#N)Cc1ccccc1. The molecule has 0 aliphatic carbocycles. The zero-order valence-electron chi connectivity index (χ0n) is 9.67. The molecule has 0 bridgehead atoms. The van der Waals surface area contributed by atoms with Gasteiger partial charge in [0, 0.05) is 12.8 Å². The second kappa shape index (κ2) is 6.38. The van der Waals surface area contributed by atoms with Crippen LogP contribution in [0.1, 0.15) is 18.4 Å². The Bertz CT molecular complexity index is 476. The van der Waals surface area contributed by atoms with Crippen LogP contribution in [0.15, 0.2) is 30.3 Å². The van der Waals surface area contributed by atoms with Crippen molar-refractivity contribution in [3.8, 4) is 6.07 Å². The predicted octanol–water partition coefficient (Wildman–Crippen LogP) is 1.88. The highest BCUT2D eigenvalue weighted by Crippen LogP contribution is 2.12. The van der Waals surface area contributed by atoms with E-state index in [0.717, 1.165) is 11.8 Å². The minimum absolute atomic E-state index is 0.285. The molecule has 1 rings (SSSR count). The topological polar surface area (TPSA) is 67.2 Å². The van der Waals surface area contributed by atoms with Crippen LogP contribution in [0.25, 0.3) is 0 Å². The van der Waals surface area contributed by atoms with Gasteiger partial charge in [-0.05, 0) is 12.0 Å². The molecule has 0 aliphatic rings. The Labute approximate surface area is 102 Å². The monoisotopic (exact) mass is 253 g/mol.